The Morgan fingerprint density at radius 1 is 1.35 bits per heavy atom. The maximum absolute atomic E-state index is 5.88. The van der Waals surface area contributed by atoms with E-state index in [9.17, 15) is 0 Å². The summed E-state index contributed by atoms with van der Waals surface area (Å²) >= 11 is 3.56. The van der Waals surface area contributed by atoms with Crippen LogP contribution in [0.3, 0.4) is 0 Å². The van der Waals surface area contributed by atoms with Gasteiger partial charge in [-0.05, 0) is 37.6 Å². The van der Waals surface area contributed by atoms with Crippen molar-refractivity contribution in [1.82, 2.24) is 9.55 Å². The van der Waals surface area contributed by atoms with Crippen molar-refractivity contribution in [3.63, 3.8) is 0 Å². The monoisotopic (exact) mass is 332 g/mol. The maximum Gasteiger partial charge on any atom is 0.122 e. The van der Waals surface area contributed by atoms with E-state index in [4.69, 9.17) is 4.74 Å². The third-order valence-corrected chi connectivity index (χ3v) is 4.98. The first-order chi connectivity index (χ1) is 9.65. The van der Waals surface area contributed by atoms with Gasteiger partial charge in [0.2, 0.25) is 0 Å². The molecule has 1 aromatic carbocycles. The smallest absolute Gasteiger partial charge is 0.122 e. The molecule has 4 heteroatoms. The average Bonchev–Trinajstić information content (AvgIpc) is 2.96. The largest absolute Gasteiger partial charge is 0.493 e. The Morgan fingerprint density at radius 2 is 2.20 bits per heavy atom. The number of rotatable bonds is 2. The Bertz CT molecular complexity index is 664. The molecular formula is C16H17BrN2O. The van der Waals surface area contributed by atoms with E-state index in [0.29, 0.717) is 23.8 Å². The van der Waals surface area contributed by atoms with Crippen LogP contribution in [0, 0.1) is 5.92 Å². The number of nitrogens with zero attached hydrogens (tertiary/aromatic N) is 2. The summed E-state index contributed by atoms with van der Waals surface area (Å²) in [6, 6.07) is 6.78. The molecule has 3 unspecified atom stereocenters. The second-order valence-corrected chi connectivity index (χ2v) is 6.96. The summed E-state index contributed by atoms with van der Waals surface area (Å²) < 4.78 is 9.19. The maximum atomic E-state index is 5.88. The van der Waals surface area contributed by atoms with Gasteiger partial charge in [-0.3, -0.25) is 0 Å². The highest BCUT2D eigenvalue weighted by atomic mass is 79.9. The number of ether oxygens (including phenoxy) is 1. The summed E-state index contributed by atoms with van der Waals surface area (Å²) in [6.45, 7) is 5.18. The Labute approximate surface area is 127 Å². The van der Waals surface area contributed by atoms with Crippen molar-refractivity contribution in [1.29, 1.82) is 0 Å². The lowest BCUT2D eigenvalue weighted by Gasteiger charge is -2.16. The molecule has 1 aliphatic carbocycles. The number of benzene rings is 1. The van der Waals surface area contributed by atoms with Crippen molar-refractivity contribution in [3.05, 3.63) is 46.5 Å². The molecule has 20 heavy (non-hydrogen) atoms. The summed E-state index contributed by atoms with van der Waals surface area (Å²) in [5.74, 6) is 2.73. The molecule has 0 N–H and O–H groups in total. The second-order valence-electron chi connectivity index (χ2n) is 6.05. The van der Waals surface area contributed by atoms with Gasteiger partial charge in [-0.25, -0.2) is 4.98 Å². The van der Waals surface area contributed by atoms with Crippen LogP contribution >= 0.6 is 15.9 Å². The highest BCUT2D eigenvalue weighted by molar-refractivity contribution is 9.10. The van der Waals surface area contributed by atoms with Crippen LogP contribution in [-0.4, -0.2) is 16.2 Å². The molecule has 2 heterocycles. The minimum atomic E-state index is 0.467. The molecule has 0 spiro atoms. The van der Waals surface area contributed by atoms with Gasteiger partial charge in [-0.1, -0.05) is 15.9 Å². The molecule has 4 rings (SSSR count). The van der Waals surface area contributed by atoms with Gasteiger partial charge >= 0.3 is 0 Å². The van der Waals surface area contributed by atoms with Crippen molar-refractivity contribution >= 4 is 15.9 Å². The Balaban J connectivity index is 1.67. The van der Waals surface area contributed by atoms with Gasteiger partial charge in [0.1, 0.15) is 5.75 Å². The summed E-state index contributed by atoms with van der Waals surface area (Å²) in [7, 11) is 0. The van der Waals surface area contributed by atoms with Crippen LogP contribution in [0.4, 0.5) is 0 Å². The molecule has 3 atom stereocenters. The van der Waals surface area contributed by atoms with Gasteiger partial charge in [0.25, 0.3) is 0 Å². The van der Waals surface area contributed by atoms with Gasteiger partial charge in [0.05, 0.1) is 18.6 Å². The van der Waals surface area contributed by atoms with Crippen molar-refractivity contribution < 1.29 is 4.74 Å². The first kappa shape index (κ1) is 12.5. The third kappa shape index (κ3) is 1.81. The fourth-order valence-electron chi connectivity index (χ4n) is 3.31. The minimum absolute atomic E-state index is 0.467. The van der Waals surface area contributed by atoms with E-state index in [1.807, 2.05) is 12.4 Å². The Morgan fingerprint density at radius 3 is 2.95 bits per heavy atom. The van der Waals surface area contributed by atoms with E-state index in [1.54, 1.807) is 0 Å². The zero-order valence-electron chi connectivity index (χ0n) is 11.6. The topological polar surface area (TPSA) is 27.1 Å². The molecule has 0 bridgehead atoms. The lowest BCUT2D eigenvalue weighted by atomic mass is 10.1. The van der Waals surface area contributed by atoms with E-state index in [2.05, 4.69) is 57.7 Å². The van der Waals surface area contributed by atoms with Crippen LogP contribution in [0.25, 0.3) is 0 Å². The molecule has 1 aromatic heterocycles. The van der Waals surface area contributed by atoms with Crippen LogP contribution in [0.1, 0.15) is 43.0 Å². The fourth-order valence-corrected chi connectivity index (χ4v) is 3.69. The number of halogens is 1. The van der Waals surface area contributed by atoms with Crippen molar-refractivity contribution in [3.8, 4) is 5.75 Å². The normalized spacial score (nSPS) is 26.9. The predicted octanol–water partition coefficient (Wildman–Crippen LogP) is 4.12. The van der Waals surface area contributed by atoms with Crippen LogP contribution < -0.4 is 4.74 Å². The quantitative estimate of drug-likeness (QED) is 0.827. The second kappa shape index (κ2) is 4.35. The molecule has 1 fully saturated rings. The lowest BCUT2D eigenvalue weighted by Crippen LogP contribution is -2.08. The number of imidazole rings is 1. The SMILES string of the molecule is CC(C)n1cnc(C2C3COc4ccc(Br)cc4C32)c1. The molecule has 1 aliphatic heterocycles. The highest BCUT2D eigenvalue weighted by Crippen LogP contribution is 2.64. The summed E-state index contributed by atoms with van der Waals surface area (Å²) in [4.78, 5) is 4.61. The zero-order valence-corrected chi connectivity index (χ0v) is 13.2. The highest BCUT2D eigenvalue weighted by Gasteiger charge is 2.56. The fraction of sp³-hybridized carbons (Fsp3) is 0.438. The third-order valence-electron chi connectivity index (χ3n) is 4.49. The number of aromatic nitrogens is 2. The van der Waals surface area contributed by atoms with Gasteiger partial charge in [0, 0.05) is 34.5 Å². The van der Waals surface area contributed by atoms with E-state index < -0.39 is 0 Å². The molecule has 0 amide bonds. The molecule has 104 valence electrons. The van der Waals surface area contributed by atoms with E-state index >= 15 is 0 Å². The number of hydrogen-bond donors (Lipinski definition) is 0. The molecule has 2 aromatic rings. The van der Waals surface area contributed by atoms with Crippen molar-refractivity contribution in [2.24, 2.45) is 5.92 Å². The molecule has 2 aliphatic rings. The standard InChI is InChI=1S/C16H17BrN2O/c1-9(2)19-6-13(18-8-19)16-12-7-20-14-4-3-10(17)5-11(14)15(12)16/h3-6,8-9,12,15-16H,7H2,1-2H3. The van der Waals surface area contributed by atoms with E-state index in [0.717, 1.165) is 16.8 Å². The first-order valence-corrected chi connectivity index (χ1v) is 7.90. The van der Waals surface area contributed by atoms with Crippen molar-refractivity contribution in [2.75, 3.05) is 6.61 Å². The van der Waals surface area contributed by atoms with Gasteiger partial charge in [-0.15, -0.1) is 0 Å². The van der Waals surface area contributed by atoms with Crippen molar-refractivity contribution in [2.45, 2.75) is 31.7 Å². The molecule has 0 saturated heterocycles. The first-order valence-electron chi connectivity index (χ1n) is 7.11. The van der Waals surface area contributed by atoms with E-state index in [1.165, 1.54) is 11.3 Å². The molecule has 3 nitrogen and oxygen atoms in total. The van der Waals surface area contributed by atoms with Crippen LogP contribution in [-0.2, 0) is 0 Å². The van der Waals surface area contributed by atoms with Gasteiger partial charge < -0.3 is 9.30 Å². The number of fused-ring (bicyclic) bond motifs is 3. The van der Waals surface area contributed by atoms with Gasteiger partial charge in [-0.2, -0.15) is 0 Å². The van der Waals surface area contributed by atoms with Gasteiger partial charge in [0.15, 0.2) is 0 Å². The summed E-state index contributed by atoms with van der Waals surface area (Å²) in [5.41, 5.74) is 2.55. The molecule has 1 saturated carbocycles. The Hall–Kier alpha value is -1.29. The average molecular weight is 333 g/mol. The Kier molecular flexibility index (Phi) is 2.71. The van der Waals surface area contributed by atoms with Crippen LogP contribution in [0.15, 0.2) is 35.2 Å². The van der Waals surface area contributed by atoms with Crippen LogP contribution in [0.5, 0.6) is 5.75 Å². The minimum Gasteiger partial charge on any atom is -0.493 e. The van der Waals surface area contributed by atoms with Crippen LogP contribution in [0.2, 0.25) is 0 Å². The zero-order chi connectivity index (χ0) is 13.9. The lowest BCUT2D eigenvalue weighted by molar-refractivity contribution is 0.277. The number of hydrogen-bond acceptors (Lipinski definition) is 2. The molecule has 0 radical (unpaired) electrons. The molecular weight excluding hydrogens is 316 g/mol. The van der Waals surface area contributed by atoms with E-state index in [-0.39, 0.29) is 0 Å². The summed E-state index contributed by atoms with van der Waals surface area (Å²) in [5, 5.41) is 0. The summed E-state index contributed by atoms with van der Waals surface area (Å²) in [6.07, 6.45) is 4.15. The predicted molar refractivity (Wildman–Crippen MR) is 81.2 cm³/mol.